The quantitative estimate of drug-likeness (QED) is 0.384. The number of anilines is 1. The Morgan fingerprint density at radius 1 is 1.09 bits per heavy atom. The van der Waals surface area contributed by atoms with Gasteiger partial charge in [0.05, 0.1) is 32.8 Å². The number of amides is 1. The van der Waals surface area contributed by atoms with Gasteiger partial charge in [-0.15, -0.1) is 10.2 Å². The molecule has 164 valence electrons. The lowest BCUT2D eigenvalue weighted by atomic mass is 10.2. The number of nitrogens with zero attached hydrogens (tertiary/aromatic N) is 4. The zero-order chi connectivity index (χ0) is 22.3. The predicted molar refractivity (Wildman–Crippen MR) is 120 cm³/mol. The van der Waals surface area contributed by atoms with Crippen LogP contribution < -0.4 is 14.8 Å². The van der Waals surface area contributed by atoms with E-state index < -0.39 is 0 Å². The first-order chi connectivity index (χ1) is 15.7. The number of pyridine rings is 1. The van der Waals surface area contributed by atoms with E-state index in [2.05, 4.69) is 20.5 Å². The Hall–Kier alpha value is -3.79. The molecule has 0 saturated carbocycles. The van der Waals surface area contributed by atoms with Gasteiger partial charge in [-0.05, 0) is 36.4 Å². The zero-order valence-electron chi connectivity index (χ0n) is 17.5. The summed E-state index contributed by atoms with van der Waals surface area (Å²) in [7, 11) is 3.11. The molecule has 0 saturated heterocycles. The van der Waals surface area contributed by atoms with Crippen molar-refractivity contribution in [2.75, 3.05) is 25.3 Å². The highest BCUT2D eigenvalue weighted by atomic mass is 32.2. The van der Waals surface area contributed by atoms with Crippen LogP contribution in [0.2, 0.25) is 0 Å². The number of thioether (sulfide) groups is 1. The highest BCUT2D eigenvalue weighted by Gasteiger charge is 2.17. The minimum absolute atomic E-state index is 0.154. The van der Waals surface area contributed by atoms with E-state index in [9.17, 15) is 4.79 Å². The first-order valence-corrected chi connectivity index (χ1v) is 10.7. The molecule has 32 heavy (non-hydrogen) atoms. The number of furan rings is 1. The smallest absolute Gasteiger partial charge is 0.234 e. The van der Waals surface area contributed by atoms with Crippen LogP contribution >= 0.6 is 11.8 Å². The van der Waals surface area contributed by atoms with E-state index in [1.807, 2.05) is 28.8 Å². The van der Waals surface area contributed by atoms with Gasteiger partial charge in [-0.2, -0.15) is 0 Å². The van der Waals surface area contributed by atoms with Gasteiger partial charge in [0, 0.05) is 29.7 Å². The summed E-state index contributed by atoms with van der Waals surface area (Å²) < 4.78 is 17.9. The van der Waals surface area contributed by atoms with E-state index in [1.165, 1.54) is 11.8 Å². The summed E-state index contributed by atoms with van der Waals surface area (Å²) in [4.78, 5) is 16.6. The van der Waals surface area contributed by atoms with Crippen molar-refractivity contribution in [3.63, 3.8) is 0 Å². The summed E-state index contributed by atoms with van der Waals surface area (Å²) in [6.45, 7) is 0.442. The summed E-state index contributed by atoms with van der Waals surface area (Å²) in [6.07, 6.45) is 5.02. The van der Waals surface area contributed by atoms with Gasteiger partial charge >= 0.3 is 0 Å². The number of methoxy groups -OCH3 is 2. The van der Waals surface area contributed by atoms with E-state index >= 15 is 0 Å². The van der Waals surface area contributed by atoms with Gasteiger partial charge in [0.2, 0.25) is 5.91 Å². The molecule has 0 unspecified atom stereocenters. The molecule has 0 atom stereocenters. The molecule has 0 bridgehead atoms. The Kier molecular flexibility index (Phi) is 6.71. The van der Waals surface area contributed by atoms with E-state index in [-0.39, 0.29) is 11.7 Å². The van der Waals surface area contributed by atoms with Gasteiger partial charge in [0.25, 0.3) is 0 Å². The maximum absolute atomic E-state index is 12.6. The normalized spacial score (nSPS) is 10.7. The molecule has 3 aromatic heterocycles. The van der Waals surface area contributed by atoms with Crippen LogP contribution in [0.4, 0.5) is 5.69 Å². The number of hydrogen-bond acceptors (Lipinski definition) is 8. The lowest BCUT2D eigenvalue weighted by Gasteiger charge is -2.11. The Bertz CT molecular complexity index is 1180. The second kappa shape index (κ2) is 10.0. The summed E-state index contributed by atoms with van der Waals surface area (Å²) in [5.41, 5.74) is 1.49. The standard InChI is InChI=1S/C22H21N5O4S/c1-29-18-6-5-16(12-19(18)30-2)24-20(28)14-32-22-26-25-21(15-7-9-23-10-8-15)27(22)13-17-4-3-11-31-17/h3-12H,13-14H2,1-2H3,(H,24,28). The van der Waals surface area contributed by atoms with Gasteiger partial charge in [-0.1, -0.05) is 11.8 Å². The second-order valence-electron chi connectivity index (χ2n) is 6.61. The first-order valence-electron chi connectivity index (χ1n) is 9.68. The number of aromatic nitrogens is 4. The molecule has 0 aliphatic heterocycles. The highest BCUT2D eigenvalue weighted by Crippen LogP contribution is 2.30. The molecule has 3 heterocycles. The van der Waals surface area contributed by atoms with Gasteiger partial charge in [0.15, 0.2) is 22.5 Å². The Morgan fingerprint density at radius 2 is 1.91 bits per heavy atom. The highest BCUT2D eigenvalue weighted by molar-refractivity contribution is 7.99. The molecule has 0 radical (unpaired) electrons. The molecule has 4 rings (SSSR count). The van der Waals surface area contributed by atoms with Gasteiger partial charge in [0.1, 0.15) is 5.76 Å². The van der Waals surface area contributed by atoms with E-state index in [0.29, 0.717) is 34.7 Å². The molecular weight excluding hydrogens is 430 g/mol. The van der Waals surface area contributed by atoms with Crippen LogP contribution in [0.5, 0.6) is 11.5 Å². The Balaban J connectivity index is 1.49. The van der Waals surface area contributed by atoms with Crippen LogP contribution in [-0.4, -0.2) is 45.6 Å². The molecule has 0 spiro atoms. The fraction of sp³-hybridized carbons (Fsp3) is 0.182. The largest absolute Gasteiger partial charge is 0.493 e. The second-order valence-corrected chi connectivity index (χ2v) is 7.56. The molecule has 0 aliphatic carbocycles. The number of rotatable bonds is 9. The fourth-order valence-electron chi connectivity index (χ4n) is 3.05. The van der Waals surface area contributed by atoms with Crippen LogP contribution in [0.1, 0.15) is 5.76 Å². The summed E-state index contributed by atoms with van der Waals surface area (Å²) >= 11 is 1.29. The van der Waals surface area contributed by atoms with Crippen molar-refractivity contribution in [1.82, 2.24) is 19.7 Å². The fourth-order valence-corrected chi connectivity index (χ4v) is 3.79. The average Bonchev–Trinajstić information content (AvgIpc) is 3.48. The number of carbonyl (C=O) groups is 1. The minimum atomic E-state index is -0.180. The van der Waals surface area contributed by atoms with Crippen LogP contribution in [0, 0.1) is 0 Å². The van der Waals surface area contributed by atoms with E-state index in [4.69, 9.17) is 13.9 Å². The average molecular weight is 452 g/mol. The first kappa shape index (κ1) is 21.4. The van der Waals surface area contributed by atoms with E-state index in [0.717, 1.165) is 11.3 Å². The summed E-state index contributed by atoms with van der Waals surface area (Å²) in [5.74, 6) is 2.54. The van der Waals surface area contributed by atoms with Crippen LogP contribution in [0.15, 0.2) is 70.7 Å². The maximum atomic E-state index is 12.6. The van der Waals surface area contributed by atoms with Crippen LogP contribution in [0.25, 0.3) is 11.4 Å². The number of hydrogen-bond donors (Lipinski definition) is 1. The van der Waals surface area contributed by atoms with Crippen molar-refractivity contribution in [3.05, 3.63) is 66.9 Å². The van der Waals surface area contributed by atoms with E-state index in [1.54, 1.807) is 51.1 Å². The number of nitrogens with one attached hydrogen (secondary N) is 1. The SMILES string of the molecule is COc1ccc(NC(=O)CSc2nnc(-c3ccncc3)n2Cc2ccco2)cc1OC. The lowest BCUT2D eigenvalue weighted by Crippen LogP contribution is -2.15. The predicted octanol–water partition coefficient (Wildman–Crippen LogP) is 3.73. The van der Waals surface area contributed by atoms with Crippen molar-refractivity contribution in [3.8, 4) is 22.9 Å². The molecule has 4 aromatic rings. The van der Waals surface area contributed by atoms with Crippen molar-refractivity contribution >= 4 is 23.4 Å². The maximum Gasteiger partial charge on any atom is 0.234 e. The zero-order valence-corrected chi connectivity index (χ0v) is 18.3. The molecule has 1 amide bonds. The molecule has 10 heteroatoms. The Labute approximate surface area is 188 Å². The summed E-state index contributed by atoms with van der Waals surface area (Å²) in [5, 5.41) is 12.1. The number of carbonyl (C=O) groups excluding carboxylic acids is 1. The number of ether oxygens (including phenoxy) is 2. The monoisotopic (exact) mass is 451 g/mol. The van der Waals surface area contributed by atoms with Crippen molar-refractivity contribution in [2.45, 2.75) is 11.7 Å². The molecule has 9 nitrogen and oxygen atoms in total. The van der Waals surface area contributed by atoms with Crippen molar-refractivity contribution in [2.24, 2.45) is 0 Å². The summed E-state index contributed by atoms with van der Waals surface area (Å²) in [6, 6.07) is 12.6. The topological polar surface area (TPSA) is 104 Å². The third-order valence-corrected chi connectivity index (χ3v) is 5.52. The van der Waals surface area contributed by atoms with Crippen LogP contribution in [-0.2, 0) is 11.3 Å². The minimum Gasteiger partial charge on any atom is -0.493 e. The molecule has 1 N–H and O–H groups in total. The van der Waals surface area contributed by atoms with Gasteiger partial charge in [-0.25, -0.2) is 0 Å². The lowest BCUT2D eigenvalue weighted by molar-refractivity contribution is -0.113. The molecule has 0 fully saturated rings. The molecular formula is C22H21N5O4S. The van der Waals surface area contributed by atoms with Crippen LogP contribution in [0.3, 0.4) is 0 Å². The van der Waals surface area contributed by atoms with Gasteiger partial charge < -0.3 is 19.2 Å². The Morgan fingerprint density at radius 3 is 2.62 bits per heavy atom. The van der Waals surface area contributed by atoms with Gasteiger partial charge in [-0.3, -0.25) is 14.3 Å². The third-order valence-electron chi connectivity index (χ3n) is 4.55. The molecule has 0 aliphatic rings. The van der Waals surface area contributed by atoms with Crippen molar-refractivity contribution < 1.29 is 18.7 Å². The van der Waals surface area contributed by atoms with Crippen molar-refractivity contribution in [1.29, 1.82) is 0 Å². The molecule has 1 aromatic carbocycles. The third kappa shape index (κ3) is 4.92. The number of benzene rings is 1.